The molecule has 1 aromatic heterocycles. The topological polar surface area (TPSA) is 113 Å². The molecular formula is C30H30N2O7. The highest BCUT2D eigenvalue weighted by molar-refractivity contribution is 6.01. The average molecular weight is 531 g/mol. The van der Waals surface area contributed by atoms with Crippen LogP contribution in [0, 0.1) is 6.92 Å². The second kappa shape index (κ2) is 13.1. The molecule has 0 saturated carbocycles. The normalized spacial score (nSPS) is 11.2. The largest absolute Gasteiger partial charge is 0.493 e. The Morgan fingerprint density at radius 1 is 0.923 bits per heavy atom. The lowest BCUT2D eigenvalue weighted by Gasteiger charge is -2.15. The van der Waals surface area contributed by atoms with Crippen LogP contribution < -0.4 is 14.2 Å². The van der Waals surface area contributed by atoms with Gasteiger partial charge in [0, 0.05) is 12.0 Å². The molecule has 4 aromatic rings. The molecule has 0 amide bonds. The highest BCUT2D eigenvalue weighted by Crippen LogP contribution is 2.39. The Morgan fingerprint density at radius 3 is 2.18 bits per heavy atom. The molecule has 1 heterocycles. The first-order valence-corrected chi connectivity index (χ1v) is 12.3. The molecule has 0 atom stereocenters. The number of carboxylic acids is 1. The molecule has 39 heavy (non-hydrogen) atoms. The molecule has 0 aliphatic rings. The lowest BCUT2D eigenvalue weighted by molar-refractivity contribution is -0.136. The van der Waals surface area contributed by atoms with Crippen LogP contribution in [0.2, 0.25) is 0 Å². The number of aliphatic carboxylic acids is 1. The minimum absolute atomic E-state index is 0.0530. The van der Waals surface area contributed by atoms with Gasteiger partial charge in [0.25, 0.3) is 0 Å². The van der Waals surface area contributed by atoms with E-state index in [9.17, 15) is 4.79 Å². The van der Waals surface area contributed by atoms with Gasteiger partial charge in [0.05, 0.1) is 26.4 Å². The van der Waals surface area contributed by atoms with Gasteiger partial charge in [-0.3, -0.25) is 4.79 Å². The van der Waals surface area contributed by atoms with E-state index in [1.54, 1.807) is 26.4 Å². The van der Waals surface area contributed by atoms with Gasteiger partial charge < -0.3 is 28.6 Å². The van der Waals surface area contributed by atoms with Crippen LogP contribution in [0.4, 0.5) is 0 Å². The number of benzene rings is 3. The second-order valence-corrected chi connectivity index (χ2v) is 8.58. The van der Waals surface area contributed by atoms with Gasteiger partial charge in [0.2, 0.25) is 11.6 Å². The monoisotopic (exact) mass is 530 g/mol. The van der Waals surface area contributed by atoms with Crippen molar-refractivity contribution in [2.45, 2.75) is 33.0 Å². The Morgan fingerprint density at radius 2 is 1.56 bits per heavy atom. The molecule has 9 heteroatoms. The van der Waals surface area contributed by atoms with E-state index in [-0.39, 0.29) is 26.1 Å². The summed E-state index contributed by atoms with van der Waals surface area (Å²) < 4.78 is 23.1. The van der Waals surface area contributed by atoms with Crippen molar-refractivity contribution in [3.05, 3.63) is 95.4 Å². The van der Waals surface area contributed by atoms with E-state index in [4.69, 9.17) is 28.6 Å². The highest BCUT2D eigenvalue weighted by Gasteiger charge is 2.18. The van der Waals surface area contributed by atoms with E-state index < -0.39 is 5.97 Å². The van der Waals surface area contributed by atoms with Crippen molar-refractivity contribution in [3.8, 4) is 28.7 Å². The number of rotatable bonds is 13. The van der Waals surface area contributed by atoms with E-state index in [0.29, 0.717) is 40.3 Å². The molecule has 9 nitrogen and oxygen atoms in total. The highest BCUT2D eigenvalue weighted by atomic mass is 16.6. The van der Waals surface area contributed by atoms with Crippen LogP contribution in [-0.2, 0) is 22.8 Å². The maximum absolute atomic E-state index is 11.1. The first kappa shape index (κ1) is 27.3. The number of ether oxygens (including phenoxy) is 3. The number of hydrogen-bond acceptors (Lipinski definition) is 8. The van der Waals surface area contributed by atoms with E-state index in [1.165, 1.54) is 0 Å². The summed E-state index contributed by atoms with van der Waals surface area (Å²) in [5, 5.41) is 13.3. The molecule has 3 aromatic carbocycles. The number of carboxylic acid groups (broad SMARTS) is 1. The third-order valence-corrected chi connectivity index (χ3v) is 5.88. The van der Waals surface area contributed by atoms with E-state index in [2.05, 4.69) is 10.1 Å². The Kier molecular flexibility index (Phi) is 9.18. The average Bonchev–Trinajstić information content (AvgIpc) is 3.34. The van der Waals surface area contributed by atoms with Crippen molar-refractivity contribution in [2.75, 3.05) is 14.2 Å². The Balaban J connectivity index is 1.48. The lowest BCUT2D eigenvalue weighted by Crippen LogP contribution is -2.06. The summed E-state index contributed by atoms with van der Waals surface area (Å²) in [5.74, 6) is 1.61. The number of carbonyl (C=O) groups is 1. The molecule has 0 fully saturated rings. The fourth-order valence-corrected chi connectivity index (χ4v) is 3.85. The van der Waals surface area contributed by atoms with Gasteiger partial charge in [0.15, 0.2) is 11.5 Å². The molecule has 0 unspecified atom stereocenters. The number of aryl methyl sites for hydroxylation is 1. The van der Waals surface area contributed by atoms with Crippen molar-refractivity contribution in [2.24, 2.45) is 5.16 Å². The Labute approximate surface area is 226 Å². The van der Waals surface area contributed by atoms with Gasteiger partial charge in [-0.2, -0.15) is 0 Å². The van der Waals surface area contributed by atoms with Crippen LogP contribution in [0.3, 0.4) is 0 Å². The van der Waals surface area contributed by atoms with Gasteiger partial charge in [0.1, 0.15) is 24.7 Å². The Bertz CT molecular complexity index is 1390. The summed E-state index contributed by atoms with van der Waals surface area (Å²) in [6.45, 7) is 2.10. The summed E-state index contributed by atoms with van der Waals surface area (Å²) in [6.07, 6.45) is 0.189. The minimum atomic E-state index is -0.902. The molecule has 0 spiro atoms. The maximum atomic E-state index is 11.1. The van der Waals surface area contributed by atoms with E-state index in [1.807, 2.05) is 67.6 Å². The molecule has 0 aliphatic carbocycles. The summed E-state index contributed by atoms with van der Waals surface area (Å²) in [5.41, 5.74) is 3.63. The minimum Gasteiger partial charge on any atom is -0.493 e. The SMILES string of the molecule is COc1cc(CON=C(CCC(=O)O)c2ccccc2)cc(OC)c1OCc1nc(-c2ccccc2)oc1C. The van der Waals surface area contributed by atoms with Gasteiger partial charge in [-0.1, -0.05) is 53.7 Å². The molecule has 0 saturated heterocycles. The standard InChI is InChI=1S/C30H30N2O7/c1-20-25(31-30(39-20)23-12-8-5-9-13-23)19-37-29-26(35-2)16-21(17-27(29)36-3)18-38-32-24(14-15-28(33)34)22-10-6-4-7-11-22/h4-13,16-17H,14-15,18-19H2,1-3H3,(H,33,34). The van der Waals surface area contributed by atoms with Crippen molar-refractivity contribution in [1.82, 2.24) is 4.98 Å². The van der Waals surface area contributed by atoms with E-state index >= 15 is 0 Å². The van der Waals surface area contributed by atoms with Crippen molar-refractivity contribution in [1.29, 1.82) is 0 Å². The lowest BCUT2D eigenvalue weighted by atomic mass is 10.1. The number of methoxy groups -OCH3 is 2. The molecular weight excluding hydrogens is 500 g/mol. The van der Waals surface area contributed by atoms with Crippen molar-refractivity contribution >= 4 is 11.7 Å². The van der Waals surface area contributed by atoms with Crippen LogP contribution >= 0.6 is 0 Å². The first-order valence-electron chi connectivity index (χ1n) is 12.3. The van der Waals surface area contributed by atoms with Crippen LogP contribution in [0.5, 0.6) is 17.2 Å². The zero-order chi connectivity index (χ0) is 27.6. The number of nitrogens with zero attached hydrogens (tertiary/aromatic N) is 2. The fraction of sp³-hybridized carbons (Fsp3) is 0.233. The predicted molar refractivity (Wildman–Crippen MR) is 145 cm³/mol. The summed E-state index contributed by atoms with van der Waals surface area (Å²) in [4.78, 5) is 21.3. The second-order valence-electron chi connectivity index (χ2n) is 8.58. The van der Waals surface area contributed by atoms with Crippen LogP contribution in [-0.4, -0.2) is 36.0 Å². The molecule has 202 valence electrons. The molecule has 0 bridgehead atoms. The smallest absolute Gasteiger partial charge is 0.303 e. The maximum Gasteiger partial charge on any atom is 0.303 e. The zero-order valence-electron chi connectivity index (χ0n) is 22.0. The Hall–Kier alpha value is -4.79. The summed E-state index contributed by atoms with van der Waals surface area (Å²) in [6, 6.07) is 22.5. The number of hydrogen-bond donors (Lipinski definition) is 1. The van der Waals surface area contributed by atoms with Gasteiger partial charge in [-0.05, 0) is 42.3 Å². The third kappa shape index (κ3) is 7.16. The zero-order valence-corrected chi connectivity index (χ0v) is 22.0. The van der Waals surface area contributed by atoms with Gasteiger partial charge in [-0.25, -0.2) is 4.98 Å². The fourth-order valence-electron chi connectivity index (χ4n) is 3.85. The number of oxime groups is 1. The van der Waals surface area contributed by atoms with Crippen LogP contribution in [0.1, 0.15) is 35.4 Å². The van der Waals surface area contributed by atoms with E-state index in [0.717, 1.165) is 16.7 Å². The van der Waals surface area contributed by atoms with Crippen molar-refractivity contribution in [3.63, 3.8) is 0 Å². The van der Waals surface area contributed by atoms with Crippen LogP contribution in [0.25, 0.3) is 11.5 Å². The molecule has 1 N–H and O–H groups in total. The summed E-state index contributed by atoms with van der Waals surface area (Å²) >= 11 is 0. The number of oxazole rings is 1. The first-order chi connectivity index (χ1) is 19.0. The quantitative estimate of drug-likeness (QED) is 0.165. The number of aromatic nitrogens is 1. The van der Waals surface area contributed by atoms with Gasteiger partial charge >= 0.3 is 5.97 Å². The molecule has 0 aliphatic heterocycles. The molecule has 4 rings (SSSR count). The van der Waals surface area contributed by atoms with Crippen molar-refractivity contribution < 1.29 is 33.4 Å². The van der Waals surface area contributed by atoms with Gasteiger partial charge in [-0.15, -0.1) is 0 Å². The predicted octanol–water partition coefficient (Wildman–Crippen LogP) is 6.03. The van der Waals surface area contributed by atoms with Crippen LogP contribution in [0.15, 0.2) is 82.4 Å². The molecule has 0 radical (unpaired) electrons. The third-order valence-electron chi connectivity index (χ3n) is 5.88. The summed E-state index contributed by atoms with van der Waals surface area (Å²) in [7, 11) is 3.08.